The molecule has 0 unspecified atom stereocenters. The first-order valence-corrected chi connectivity index (χ1v) is 12.1. The summed E-state index contributed by atoms with van der Waals surface area (Å²) in [5, 5.41) is 3.08. The summed E-state index contributed by atoms with van der Waals surface area (Å²) in [5.41, 5.74) is 2.84. The molecule has 0 bridgehead atoms. The second-order valence-electron chi connectivity index (χ2n) is 9.39. The van der Waals surface area contributed by atoms with Gasteiger partial charge in [-0.15, -0.1) is 0 Å². The average Bonchev–Trinajstić information content (AvgIpc) is 3.54. The number of nitrogens with one attached hydrogen (secondary N) is 1. The molecule has 1 aliphatic carbocycles. The lowest BCUT2D eigenvalue weighted by atomic mass is 9.91. The van der Waals surface area contributed by atoms with Crippen molar-refractivity contribution in [1.29, 1.82) is 0 Å². The van der Waals surface area contributed by atoms with Crippen LogP contribution in [0.4, 0.5) is 5.69 Å². The lowest BCUT2D eigenvalue weighted by molar-refractivity contribution is -0.145. The summed E-state index contributed by atoms with van der Waals surface area (Å²) >= 11 is 0. The number of anilines is 1. The van der Waals surface area contributed by atoms with Gasteiger partial charge in [-0.3, -0.25) is 9.59 Å². The molecule has 1 N–H and O–H groups in total. The molecule has 0 saturated heterocycles. The number of hydrogen-bond acceptors (Lipinski definition) is 4. The van der Waals surface area contributed by atoms with Crippen LogP contribution in [-0.2, 0) is 22.6 Å². The Bertz CT molecular complexity index is 1200. The number of carbonyl (C=O) groups is 2. The molecule has 1 fully saturated rings. The predicted octanol–water partition coefficient (Wildman–Crippen LogP) is 5.25. The summed E-state index contributed by atoms with van der Waals surface area (Å²) in [7, 11) is 0. The molecule has 0 spiro atoms. The van der Waals surface area contributed by atoms with Gasteiger partial charge < -0.3 is 19.7 Å². The minimum absolute atomic E-state index is 0.0421. The molecule has 3 aromatic rings. The maximum absolute atomic E-state index is 13.9. The minimum atomic E-state index is -0.910. The second kappa shape index (κ2) is 9.82. The van der Waals surface area contributed by atoms with Crippen molar-refractivity contribution in [2.75, 3.05) is 12.1 Å². The highest BCUT2D eigenvalue weighted by Crippen LogP contribution is 2.39. The molecule has 1 aliphatic heterocycles. The predicted molar refractivity (Wildman–Crippen MR) is 134 cm³/mol. The van der Waals surface area contributed by atoms with Gasteiger partial charge >= 0.3 is 0 Å². The number of hydrogen-bond donors (Lipinski definition) is 1. The normalized spacial score (nSPS) is 15.6. The maximum atomic E-state index is 13.9. The molecule has 2 amide bonds. The van der Waals surface area contributed by atoms with Crippen LogP contribution >= 0.6 is 0 Å². The van der Waals surface area contributed by atoms with E-state index in [9.17, 15) is 9.59 Å². The highest BCUT2D eigenvalue weighted by Gasteiger charge is 2.48. The van der Waals surface area contributed by atoms with Gasteiger partial charge in [-0.1, -0.05) is 73.0 Å². The third-order valence-corrected chi connectivity index (χ3v) is 6.96. The Balaban J connectivity index is 1.46. The molecule has 0 aromatic heterocycles. The van der Waals surface area contributed by atoms with Gasteiger partial charge in [0.05, 0.1) is 6.42 Å². The molecule has 6 nitrogen and oxygen atoms in total. The van der Waals surface area contributed by atoms with Gasteiger partial charge in [0.1, 0.15) is 5.54 Å². The van der Waals surface area contributed by atoms with E-state index in [1.54, 1.807) is 12.1 Å². The number of rotatable bonds is 7. The van der Waals surface area contributed by atoms with Gasteiger partial charge in [0, 0.05) is 18.3 Å². The summed E-state index contributed by atoms with van der Waals surface area (Å²) in [6.45, 7) is 2.61. The molecule has 35 heavy (non-hydrogen) atoms. The number of benzene rings is 3. The molecule has 180 valence electrons. The Labute approximate surface area is 205 Å². The molecular formula is C29H30N2O4. The van der Waals surface area contributed by atoms with Crippen molar-refractivity contribution in [3.63, 3.8) is 0 Å². The first-order chi connectivity index (χ1) is 17.0. The summed E-state index contributed by atoms with van der Waals surface area (Å²) in [5.74, 6) is 1.08. The van der Waals surface area contributed by atoms with Crippen LogP contribution in [0.15, 0.2) is 72.8 Å². The average molecular weight is 471 g/mol. The first-order valence-electron chi connectivity index (χ1n) is 12.1. The Morgan fingerprint density at radius 3 is 2.34 bits per heavy atom. The quantitative estimate of drug-likeness (QED) is 0.512. The highest BCUT2D eigenvalue weighted by molar-refractivity contribution is 6.01. The molecule has 5 rings (SSSR count). The summed E-state index contributed by atoms with van der Waals surface area (Å²) in [6.07, 6.45) is 3.33. The monoisotopic (exact) mass is 470 g/mol. The van der Waals surface area contributed by atoms with E-state index in [-0.39, 0.29) is 25.0 Å². The second-order valence-corrected chi connectivity index (χ2v) is 9.39. The van der Waals surface area contributed by atoms with Crippen LogP contribution in [0.5, 0.6) is 11.5 Å². The number of aryl methyl sites for hydroxylation is 1. The fourth-order valence-corrected chi connectivity index (χ4v) is 5.02. The van der Waals surface area contributed by atoms with Gasteiger partial charge in [-0.2, -0.15) is 0 Å². The Kier molecular flexibility index (Phi) is 6.45. The van der Waals surface area contributed by atoms with E-state index >= 15 is 0 Å². The number of nitrogens with zero attached hydrogens (tertiary/aromatic N) is 1. The van der Waals surface area contributed by atoms with Crippen molar-refractivity contribution in [2.24, 2.45) is 0 Å². The summed E-state index contributed by atoms with van der Waals surface area (Å²) < 4.78 is 10.9. The summed E-state index contributed by atoms with van der Waals surface area (Å²) in [6, 6.07) is 23.3. The Morgan fingerprint density at radius 1 is 0.886 bits per heavy atom. The number of amides is 2. The molecular weight excluding hydrogens is 440 g/mol. The van der Waals surface area contributed by atoms with E-state index in [0.717, 1.165) is 29.5 Å². The lowest BCUT2D eigenvalue weighted by Crippen LogP contribution is -2.57. The van der Waals surface area contributed by atoms with Crippen LogP contribution in [0.25, 0.3) is 0 Å². The van der Waals surface area contributed by atoms with Crippen molar-refractivity contribution in [2.45, 2.75) is 51.1 Å². The molecule has 0 atom stereocenters. The van der Waals surface area contributed by atoms with Crippen molar-refractivity contribution in [3.05, 3.63) is 89.5 Å². The van der Waals surface area contributed by atoms with Crippen LogP contribution in [-0.4, -0.2) is 29.0 Å². The zero-order valence-corrected chi connectivity index (χ0v) is 20.0. The largest absolute Gasteiger partial charge is 0.454 e. The van der Waals surface area contributed by atoms with Gasteiger partial charge in [-0.25, -0.2) is 0 Å². The van der Waals surface area contributed by atoms with Gasteiger partial charge in [0.2, 0.25) is 18.6 Å². The van der Waals surface area contributed by atoms with E-state index < -0.39 is 5.54 Å². The van der Waals surface area contributed by atoms with Crippen LogP contribution in [0, 0.1) is 6.92 Å². The fraction of sp³-hybridized carbons (Fsp3) is 0.310. The number of fused-ring (bicyclic) bond motifs is 1. The molecule has 3 aromatic carbocycles. The standard InChI is InChI=1S/C29H30N2O4/c1-21-9-11-23(12-10-21)19-31(27(32)17-22-7-3-2-4-8-22)29(15-5-6-16-29)28(33)30-24-13-14-25-26(18-24)35-20-34-25/h2-4,7-14,18H,5-6,15-17,19-20H2,1H3,(H,30,33). The minimum Gasteiger partial charge on any atom is -0.454 e. The van der Waals surface area contributed by atoms with E-state index in [0.29, 0.717) is 36.6 Å². The van der Waals surface area contributed by atoms with Crippen molar-refractivity contribution >= 4 is 17.5 Å². The zero-order chi connectivity index (χ0) is 24.3. The van der Waals surface area contributed by atoms with Crippen LogP contribution in [0.2, 0.25) is 0 Å². The zero-order valence-electron chi connectivity index (χ0n) is 20.0. The molecule has 6 heteroatoms. The van der Waals surface area contributed by atoms with Crippen LogP contribution in [0.3, 0.4) is 0 Å². The van der Waals surface area contributed by atoms with Crippen LogP contribution in [0.1, 0.15) is 42.4 Å². The van der Waals surface area contributed by atoms with E-state index in [2.05, 4.69) is 5.32 Å². The Morgan fingerprint density at radius 2 is 1.60 bits per heavy atom. The van der Waals surface area contributed by atoms with Crippen molar-refractivity contribution < 1.29 is 19.1 Å². The number of carbonyl (C=O) groups excluding carboxylic acids is 2. The van der Waals surface area contributed by atoms with E-state index in [1.807, 2.05) is 72.5 Å². The first kappa shape index (κ1) is 23.0. The fourth-order valence-electron chi connectivity index (χ4n) is 5.02. The van der Waals surface area contributed by atoms with Gasteiger partial charge in [-0.05, 0) is 43.0 Å². The maximum Gasteiger partial charge on any atom is 0.250 e. The topological polar surface area (TPSA) is 67.9 Å². The third kappa shape index (κ3) is 4.87. The third-order valence-electron chi connectivity index (χ3n) is 6.96. The van der Waals surface area contributed by atoms with E-state index in [4.69, 9.17) is 9.47 Å². The van der Waals surface area contributed by atoms with Crippen LogP contribution < -0.4 is 14.8 Å². The van der Waals surface area contributed by atoms with Gasteiger partial charge in [0.15, 0.2) is 11.5 Å². The SMILES string of the molecule is Cc1ccc(CN(C(=O)Cc2ccccc2)C2(C(=O)Nc3ccc4c(c3)OCO4)CCCC2)cc1. The molecule has 0 radical (unpaired) electrons. The Hall–Kier alpha value is -3.80. The smallest absolute Gasteiger partial charge is 0.250 e. The lowest BCUT2D eigenvalue weighted by Gasteiger charge is -2.40. The van der Waals surface area contributed by atoms with Crippen molar-refractivity contribution in [3.8, 4) is 11.5 Å². The number of ether oxygens (including phenoxy) is 2. The van der Waals surface area contributed by atoms with E-state index in [1.165, 1.54) is 0 Å². The molecule has 1 saturated carbocycles. The summed E-state index contributed by atoms with van der Waals surface area (Å²) in [4.78, 5) is 29.5. The highest BCUT2D eigenvalue weighted by atomic mass is 16.7. The van der Waals surface area contributed by atoms with Crippen molar-refractivity contribution in [1.82, 2.24) is 4.90 Å². The van der Waals surface area contributed by atoms with Gasteiger partial charge in [0.25, 0.3) is 0 Å². The molecule has 2 aliphatic rings. The molecule has 1 heterocycles.